The van der Waals surface area contributed by atoms with Gasteiger partial charge in [-0.05, 0) is 67.5 Å². The molecule has 4 nitrogen and oxygen atoms in total. The molecule has 3 N–H and O–H groups in total. The van der Waals surface area contributed by atoms with Gasteiger partial charge in [-0.2, -0.15) is 0 Å². The summed E-state index contributed by atoms with van der Waals surface area (Å²) in [6.07, 6.45) is 0. The fraction of sp³-hybridized carbons (Fsp3) is 0.125. The summed E-state index contributed by atoms with van der Waals surface area (Å²) in [6.45, 7) is 3.94. The Morgan fingerprint density at radius 3 is 2.41 bits per heavy atom. The van der Waals surface area contributed by atoms with Crippen molar-refractivity contribution in [3.05, 3.63) is 65.0 Å². The van der Waals surface area contributed by atoms with Crippen LogP contribution in [0, 0.1) is 19.7 Å². The van der Waals surface area contributed by atoms with Crippen LogP contribution in [-0.2, 0) is 0 Å². The van der Waals surface area contributed by atoms with Gasteiger partial charge in [0.25, 0.3) is 5.91 Å². The van der Waals surface area contributed by atoms with E-state index in [9.17, 15) is 9.18 Å². The monoisotopic (exact) mass is 317 g/mol. The summed E-state index contributed by atoms with van der Waals surface area (Å²) in [5.74, 6) is -0.790. The van der Waals surface area contributed by atoms with Crippen molar-refractivity contribution in [1.29, 1.82) is 0 Å². The lowest BCUT2D eigenvalue weighted by Crippen LogP contribution is -2.43. The number of thiocarbonyl (C=S) groups is 1. The zero-order chi connectivity index (χ0) is 16.1. The molecule has 2 aromatic carbocycles. The average Bonchev–Trinajstić information content (AvgIpc) is 2.49. The second kappa shape index (κ2) is 7.00. The normalized spacial score (nSPS) is 9.95. The topological polar surface area (TPSA) is 53.2 Å². The van der Waals surface area contributed by atoms with Crippen LogP contribution in [0.3, 0.4) is 0 Å². The maximum absolute atomic E-state index is 12.8. The van der Waals surface area contributed by atoms with E-state index in [0.29, 0.717) is 5.56 Å². The summed E-state index contributed by atoms with van der Waals surface area (Å²) in [5, 5.41) is 3.28. The molecule has 0 fully saturated rings. The third kappa shape index (κ3) is 4.26. The molecule has 0 saturated heterocycles. The zero-order valence-corrected chi connectivity index (χ0v) is 13.1. The number of hydrazine groups is 1. The fourth-order valence-corrected chi connectivity index (χ4v) is 1.97. The number of aryl methyl sites for hydroxylation is 2. The third-order valence-electron chi connectivity index (χ3n) is 3.04. The third-order valence-corrected chi connectivity index (χ3v) is 3.24. The van der Waals surface area contributed by atoms with Gasteiger partial charge in [0.15, 0.2) is 5.11 Å². The van der Waals surface area contributed by atoms with E-state index in [4.69, 9.17) is 12.2 Å². The SMILES string of the molecule is Cc1ccc(C)c(NC(=S)NNC(=O)c2ccc(F)cc2)c1. The molecule has 6 heteroatoms. The standard InChI is InChI=1S/C16H16FN3OS/c1-10-3-4-11(2)14(9-10)18-16(22)20-19-15(21)12-5-7-13(17)8-6-12/h3-9H,1-2H3,(H,19,21)(H2,18,20,22). The van der Waals surface area contributed by atoms with Gasteiger partial charge in [-0.15, -0.1) is 0 Å². The first-order valence-corrected chi connectivity index (χ1v) is 7.06. The smallest absolute Gasteiger partial charge is 0.269 e. The number of carbonyl (C=O) groups is 1. The Bertz CT molecular complexity index is 701. The first-order valence-electron chi connectivity index (χ1n) is 6.66. The van der Waals surface area contributed by atoms with Crippen LogP contribution in [-0.4, -0.2) is 11.0 Å². The first-order chi connectivity index (χ1) is 10.5. The molecule has 0 radical (unpaired) electrons. The second-order valence-electron chi connectivity index (χ2n) is 4.86. The van der Waals surface area contributed by atoms with E-state index in [0.717, 1.165) is 16.8 Å². The minimum Gasteiger partial charge on any atom is -0.331 e. The average molecular weight is 317 g/mol. The quantitative estimate of drug-likeness (QED) is 0.588. The second-order valence-corrected chi connectivity index (χ2v) is 5.27. The first kappa shape index (κ1) is 15.9. The molecule has 0 aliphatic heterocycles. The molecule has 0 spiro atoms. The number of hydrogen-bond acceptors (Lipinski definition) is 2. The van der Waals surface area contributed by atoms with E-state index < -0.39 is 11.7 Å². The predicted molar refractivity (Wildman–Crippen MR) is 89.1 cm³/mol. The summed E-state index contributed by atoms with van der Waals surface area (Å²) in [4.78, 5) is 11.9. The summed E-state index contributed by atoms with van der Waals surface area (Å²) >= 11 is 5.13. The highest BCUT2D eigenvalue weighted by atomic mass is 32.1. The largest absolute Gasteiger partial charge is 0.331 e. The zero-order valence-electron chi connectivity index (χ0n) is 12.2. The highest BCUT2D eigenvalue weighted by Crippen LogP contribution is 2.15. The maximum Gasteiger partial charge on any atom is 0.269 e. The van der Waals surface area contributed by atoms with Gasteiger partial charge >= 0.3 is 0 Å². The van der Waals surface area contributed by atoms with Crippen molar-refractivity contribution in [3.63, 3.8) is 0 Å². The maximum atomic E-state index is 12.8. The Kier molecular flexibility index (Phi) is 5.06. The lowest BCUT2D eigenvalue weighted by molar-refractivity contribution is 0.0944. The Labute approximate surface area is 133 Å². The molecule has 0 unspecified atom stereocenters. The Morgan fingerprint density at radius 2 is 1.73 bits per heavy atom. The number of halogens is 1. The van der Waals surface area contributed by atoms with Gasteiger partial charge < -0.3 is 5.32 Å². The van der Waals surface area contributed by atoms with Gasteiger partial charge in [0.05, 0.1) is 0 Å². The molecular formula is C16H16FN3OS. The Hall–Kier alpha value is -2.47. The molecule has 0 aliphatic rings. The molecule has 22 heavy (non-hydrogen) atoms. The van der Waals surface area contributed by atoms with Gasteiger partial charge in [-0.3, -0.25) is 15.6 Å². The fourth-order valence-electron chi connectivity index (χ4n) is 1.81. The van der Waals surface area contributed by atoms with E-state index in [-0.39, 0.29) is 5.11 Å². The van der Waals surface area contributed by atoms with Crippen molar-refractivity contribution in [1.82, 2.24) is 10.9 Å². The summed E-state index contributed by atoms with van der Waals surface area (Å²) in [6, 6.07) is 11.2. The van der Waals surface area contributed by atoms with Crippen molar-refractivity contribution in [2.75, 3.05) is 5.32 Å². The molecule has 0 saturated carbocycles. The molecule has 0 aromatic heterocycles. The molecule has 1 amide bonds. The molecule has 0 atom stereocenters. The molecule has 2 aromatic rings. The van der Waals surface area contributed by atoms with Gasteiger partial charge in [-0.1, -0.05) is 12.1 Å². The van der Waals surface area contributed by atoms with Crippen molar-refractivity contribution in [2.24, 2.45) is 0 Å². The minimum absolute atomic E-state index is 0.268. The molecular weight excluding hydrogens is 301 g/mol. The minimum atomic E-state index is -0.398. The van der Waals surface area contributed by atoms with Crippen molar-refractivity contribution >= 4 is 28.9 Å². The van der Waals surface area contributed by atoms with Gasteiger partial charge in [-0.25, -0.2) is 4.39 Å². The number of hydrogen-bond donors (Lipinski definition) is 3. The summed E-state index contributed by atoms with van der Waals surface area (Å²) < 4.78 is 12.8. The van der Waals surface area contributed by atoms with Crippen LogP contribution in [0.4, 0.5) is 10.1 Å². The summed E-state index contributed by atoms with van der Waals surface area (Å²) in [5.41, 5.74) is 8.42. The van der Waals surface area contributed by atoms with Crippen molar-refractivity contribution in [3.8, 4) is 0 Å². The van der Waals surface area contributed by atoms with E-state index in [1.807, 2.05) is 32.0 Å². The van der Waals surface area contributed by atoms with Gasteiger partial charge in [0.1, 0.15) is 5.82 Å². The lowest BCUT2D eigenvalue weighted by Gasteiger charge is -2.13. The molecule has 2 rings (SSSR count). The van der Waals surface area contributed by atoms with E-state index >= 15 is 0 Å². The van der Waals surface area contributed by atoms with E-state index in [2.05, 4.69) is 16.2 Å². The predicted octanol–water partition coefficient (Wildman–Crippen LogP) is 3.07. The van der Waals surface area contributed by atoms with E-state index in [1.165, 1.54) is 24.3 Å². The van der Waals surface area contributed by atoms with Crippen LogP contribution in [0.25, 0.3) is 0 Å². The summed E-state index contributed by atoms with van der Waals surface area (Å²) in [7, 11) is 0. The Balaban J connectivity index is 1.91. The number of anilines is 1. The molecule has 114 valence electrons. The number of nitrogens with one attached hydrogen (secondary N) is 3. The van der Waals surface area contributed by atoms with Crippen LogP contribution in [0.5, 0.6) is 0 Å². The van der Waals surface area contributed by atoms with Crippen molar-refractivity contribution in [2.45, 2.75) is 13.8 Å². The van der Waals surface area contributed by atoms with Crippen LogP contribution in [0.15, 0.2) is 42.5 Å². The van der Waals surface area contributed by atoms with Crippen LogP contribution < -0.4 is 16.2 Å². The number of carbonyl (C=O) groups excluding carboxylic acids is 1. The highest BCUT2D eigenvalue weighted by Gasteiger charge is 2.06. The number of benzene rings is 2. The van der Waals surface area contributed by atoms with Crippen LogP contribution >= 0.6 is 12.2 Å². The molecule has 0 aliphatic carbocycles. The van der Waals surface area contributed by atoms with E-state index in [1.54, 1.807) is 0 Å². The highest BCUT2D eigenvalue weighted by molar-refractivity contribution is 7.80. The Morgan fingerprint density at radius 1 is 1.05 bits per heavy atom. The number of amides is 1. The van der Waals surface area contributed by atoms with Gasteiger partial charge in [0.2, 0.25) is 0 Å². The van der Waals surface area contributed by atoms with Gasteiger partial charge in [0, 0.05) is 11.3 Å². The van der Waals surface area contributed by atoms with Crippen molar-refractivity contribution < 1.29 is 9.18 Å². The van der Waals surface area contributed by atoms with Crippen LogP contribution in [0.2, 0.25) is 0 Å². The number of rotatable bonds is 2. The molecule has 0 bridgehead atoms. The lowest BCUT2D eigenvalue weighted by atomic mass is 10.1. The molecule has 0 heterocycles. The van der Waals surface area contributed by atoms with Crippen LogP contribution in [0.1, 0.15) is 21.5 Å².